The minimum absolute atomic E-state index is 0.0302. The van der Waals surface area contributed by atoms with Crippen LogP contribution in [0.3, 0.4) is 0 Å². The highest BCUT2D eigenvalue weighted by Gasteiger charge is 2.35. The molecule has 1 aliphatic heterocycles. The Labute approximate surface area is 139 Å². The number of hydrazine groups is 1. The molecule has 1 aromatic carbocycles. The van der Waals surface area contributed by atoms with Gasteiger partial charge in [0.15, 0.2) is 0 Å². The molecule has 0 aromatic heterocycles. The van der Waals surface area contributed by atoms with Crippen LogP contribution in [-0.2, 0) is 9.59 Å². The number of amides is 1. The van der Waals surface area contributed by atoms with Crippen molar-refractivity contribution in [1.82, 2.24) is 16.2 Å². The first-order valence-corrected chi connectivity index (χ1v) is 8.31. The monoisotopic (exact) mass is 335 g/mol. The summed E-state index contributed by atoms with van der Waals surface area (Å²) >= 11 is 0. The number of hydrogen-bond donors (Lipinski definition) is 4. The van der Waals surface area contributed by atoms with Crippen LogP contribution >= 0.6 is 0 Å². The van der Waals surface area contributed by atoms with Gasteiger partial charge in [0.25, 0.3) is 0 Å². The maximum atomic E-state index is 13.1. The van der Waals surface area contributed by atoms with Crippen LogP contribution in [0.15, 0.2) is 24.3 Å². The Kier molecular flexibility index (Phi) is 5.11. The van der Waals surface area contributed by atoms with Crippen molar-refractivity contribution >= 4 is 11.9 Å². The molecule has 2 atom stereocenters. The van der Waals surface area contributed by atoms with Crippen molar-refractivity contribution in [2.75, 3.05) is 6.54 Å². The first kappa shape index (κ1) is 16.9. The molecule has 4 N–H and O–H groups in total. The molecule has 1 amide bonds. The molecule has 0 radical (unpaired) electrons. The minimum atomic E-state index is -0.750. The fourth-order valence-electron chi connectivity index (χ4n) is 3.52. The van der Waals surface area contributed by atoms with Gasteiger partial charge in [0, 0.05) is 12.6 Å². The van der Waals surface area contributed by atoms with Crippen molar-refractivity contribution in [1.29, 1.82) is 0 Å². The Balaban J connectivity index is 1.58. The van der Waals surface area contributed by atoms with Crippen LogP contribution in [0.1, 0.15) is 37.3 Å². The topological polar surface area (TPSA) is 90.5 Å². The highest BCUT2D eigenvalue weighted by atomic mass is 19.1. The molecule has 1 aromatic rings. The Bertz CT molecular complexity index is 600. The molecule has 2 fully saturated rings. The molecule has 1 saturated heterocycles. The fraction of sp³-hybridized carbons (Fsp3) is 0.529. The predicted molar refractivity (Wildman–Crippen MR) is 85.3 cm³/mol. The predicted octanol–water partition coefficient (Wildman–Crippen LogP) is 1.35. The summed E-state index contributed by atoms with van der Waals surface area (Å²) in [5.74, 6) is -1.69. The van der Waals surface area contributed by atoms with Crippen molar-refractivity contribution in [3.8, 4) is 0 Å². The SMILES string of the molecule is O=C(O)C1CCC(NC(=O)C2CNNC2c2ccc(F)cc2)CC1. The summed E-state index contributed by atoms with van der Waals surface area (Å²) in [6.45, 7) is 0.498. The molecule has 1 saturated carbocycles. The van der Waals surface area contributed by atoms with E-state index in [0.29, 0.717) is 32.2 Å². The smallest absolute Gasteiger partial charge is 0.306 e. The average Bonchev–Trinajstić information content (AvgIpc) is 3.06. The summed E-state index contributed by atoms with van der Waals surface area (Å²) in [6, 6.07) is 5.95. The Morgan fingerprint density at radius 3 is 2.42 bits per heavy atom. The molecule has 0 bridgehead atoms. The third-order valence-electron chi connectivity index (χ3n) is 4.97. The molecule has 2 unspecified atom stereocenters. The van der Waals surface area contributed by atoms with Gasteiger partial charge in [-0.15, -0.1) is 0 Å². The summed E-state index contributed by atoms with van der Waals surface area (Å²) in [4.78, 5) is 23.6. The summed E-state index contributed by atoms with van der Waals surface area (Å²) in [6.07, 6.45) is 2.58. The zero-order valence-electron chi connectivity index (χ0n) is 13.3. The Morgan fingerprint density at radius 2 is 1.79 bits per heavy atom. The van der Waals surface area contributed by atoms with Crippen LogP contribution in [0.25, 0.3) is 0 Å². The molecule has 1 heterocycles. The highest BCUT2D eigenvalue weighted by molar-refractivity contribution is 5.80. The lowest BCUT2D eigenvalue weighted by Crippen LogP contribution is -2.43. The zero-order valence-corrected chi connectivity index (χ0v) is 13.3. The summed E-state index contributed by atoms with van der Waals surface area (Å²) in [5, 5.41) is 12.1. The van der Waals surface area contributed by atoms with E-state index in [1.807, 2.05) is 0 Å². The number of hydrogen-bond acceptors (Lipinski definition) is 4. The van der Waals surface area contributed by atoms with Crippen LogP contribution in [0.2, 0.25) is 0 Å². The average molecular weight is 335 g/mol. The third kappa shape index (κ3) is 3.73. The third-order valence-corrected chi connectivity index (χ3v) is 4.97. The fourth-order valence-corrected chi connectivity index (χ4v) is 3.52. The van der Waals surface area contributed by atoms with Gasteiger partial charge in [-0.05, 0) is 43.4 Å². The number of carbonyl (C=O) groups is 2. The van der Waals surface area contributed by atoms with Crippen LogP contribution in [-0.4, -0.2) is 29.6 Å². The van der Waals surface area contributed by atoms with Gasteiger partial charge in [0.05, 0.1) is 17.9 Å². The van der Waals surface area contributed by atoms with E-state index in [1.54, 1.807) is 12.1 Å². The van der Waals surface area contributed by atoms with E-state index >= 15 is 0 Å². The lowest BCUT2D eigenvalue weighted by Gasteiger charge is -2.28. The maximum Gasteiger partial charge on any atom is 0.306 e. The molecule has 1 aliphatic carbocycles. The number of halogens is 1. The zero-order chi connectivity index (χ0) is 17.1. The second kappa shape index (κ2) is 7.27. The van der Waals surface area contributed by atoms with E-state index in [-0.39, 0.29) is 35.6 Å². The normalized spacial score (nSPS) is 30.0. The van der Waals surface area contributed by atoms with Gasteiger partial charge < -0.3 is 10.4 Å². The number of carboxylic acids is 1. The van der Waals surface area contributed by atoms with E-state index in [2.05, 4.69) is 16.2 Å². The van der Waals surface area contributed by atoms with E-state index in [4.69, 9.17) is 5.11 Å². The lowest BCUT2D eigenvalue weighted by atomic mass is 9.85. The van der Waals surface area contributed by atoms with Gasteiger partial charge in [-0.25, -0.2) is 9.82 Å². The molecule has 0 spiro atoms. The standard InChI is InChI=1S/C17H22FN3O3/c18-12-5-1-10(2-6-12)15-14(9-19-21-15)16(22)20-13-7-3-11(4-8-13)17(23)24/h1-2,5-6,11,13-15,19,21H,3-4,7-9H2,(H,20,22)(H,23,24). The van der Waals surface area contributed by atoms with E-state index in [9.17, 15) is 14.0 Å². The van der Waals surface area contributed by atoms with Crippen LogP contribution < -0.4 is 16.2 Å². The number of rotatable bonds is 4. The number of carboxylic acid groups (broad SMARTS) is 1. The van der Waals surface area contributed by atoms with E-state index in [0.717, 1.165) is 5.56 Å². The maximum absolute atomic E-state index is 13.1. The van der Waals surface area contributed by atoms with Crippen molar-refractivity contribution in [3.63, 3.8) is 0 Å². The van der Waals surface area contributed by atoms with Gasteiger partial charge >= 0.3 is 5.97 Å². The van der Waals surface area contributed by atoms with E-state index in [1.165, 1.54) is 12.1 Å². The van der Waals surface area contributed by atoms with Crippen LogP contribution in [0, 0.1) is 17.7 Å². The van der Waals surface area contributed by atoms with Crippen LogP contribution in [0.5, 0.6) is 0 Å². The molecule has 130 valence electrons. The Morgan fingerprint density at radius 1 is 1.12 bits per heavy atom. The lowest BCUT2D eigenvalue weighted by molar-refractivity contribution is -0.142. The summed E-state index contributed by atoms with van der Waals surface area (Å²) in [5.41, 5.74) is 6.92. The first-order valence-electron chi connectivity index (χ1n) is 8.31. The van der Waals surface area contributed by atoms with Gasteiger partial charge in [-0.1, -0.05) is 12.1 Å². The largest absolute Gasteiger partial charge is 0.481 e. The number of carbonyl (C=O) groups excluding carboxylic acids is 1. The van der Waals surface area contributed by atoms with Gasteiger partial charge in [0.1, 0.15) is 5.82 Å². The van der Waals surface area contributed by atoms with Gasteiger partial charge in [-0.3, -0.25) is 15.0 Å². The molecule has 2 aliphatic rings. The minimum Gasteiger partial charge on any atom is -0.481 e. The number of nitrogens with one attached hydrogen (secondary N) is 3. The molecule has 24 heavy (non-hydrogen) atoms. The van der Waals surface area contributed by atoms with Crippen molar-refractivity contribution < 1.29 is 19.1 Å². The quantitative estimate of drug-likeness (QED) is 0.667. The Hall–Kier alpha value is -1.99. The molecule has 6 nitrogen and oxygen atoms in total. The van der Waals surface area contributed by atoms with Crippen molar-refractivity contribution in [2.45, 2.75) is 37.8 Å². The molecule has 3 rings (SSSR count). The summed E-state index contributed by atoms with van der Waals surface area (Å²) in [7, 11) is 0. The van der Waals surface area contributed by atoms with Crippen molar-refractivity contribution in [3.05, 3.63) is 35.6 Å². The van der Waals surface area contributed by atoms with Crippen LogP contribution in [0.4, 0.5) is 4.39 Å². The number of benzene rings is 1. The highest BCUT2D eigenvalue weighted by Crippen LogP contribution is 2.28. The van der Waals surface area contributed by atoms with E-state index < -0.39 is 5.97 Å². The second-order valence-electron chi connectivity index (χ2n) is 6.56. The first-order chi connectivity index (χ1) is 11.5. The van der Waals surface area contributed by atoms with Gasteiger partial charge in [-0.2, -0.15) is 0 Å². The van der Waals surface area contributed by atoms with Crippen molar-refractivity contribution in [2.24, 2.45) is 11.8 Å². The van der Waals surface area contributed by atoms with Gasteiger partial charge in [0.2, 0.25) is 5.91 Å². The summed E-state index contributed by atoms with van der Waals surface area (Å²) < 4.78 is 13.1. The second-order valence-corrected chi connectivity index (χ2v) is 6.56. The molecular formula is C17H22FN3O3. The number of aliphatic carboxylic acids is 1. The molecular weight excluding hydrogens is 313 g/mol. The molecule has 7 heteroatoms.